The fourth-order valence-electron chi connectivity index (χ4n) is 1.89. The lowest BCUT2D eigenvalue weighted by molar-refractivity contribution is 0.102. The monoisotopic (exact) mass is 289 g/mol. The number of benzene rings is 1. The summed E-state index contributed by atoms with van der Waals surface area (Å²) < 4.78 is 0. The van der Waals surface area contributed by atoms with E-state index in [0.29, 0.717) is 16.4 Å². The van der Waals surface area contributed by atoms with Crippen LogP contribution in [0.4, 0.5) is 11.5 Å². The van der Waals surface area contributed by atoms with Gasteiger partial charge in [0.05, 0.1) is 5.56 Å². The molecule has 0 bridgehead atoms. The van der Waals surface area contributed by atoms with Gasteiger partial charge in [-0.05, 0) is 42.8 Å². The van der Waals surface area contributed by atoms with E-state index < -0.39 is 0 Å². The van der Waals surface area contributed by atoms with Crippen LogP contribution in [0.1, 0.15) is 15.9 Å². The van der Waals surface area contributed by atoms with Crippen LogP contribution in [0.3, 0.4) is 0 Å². The number of nitrogens with one attached hydrogen (secondary N) is 1. The van der Waals surface area contributed by atoms with Crippen molar-refractivity contribution in [1.82, 2.24) is 4.98 Å². The van der Waals surface area contributed by atoms with E-state index in [0.717, 1.165) is 11.3 Å². The van der Waals surface area contributed by atoms with Crippen molar-refractivity contribution in [3.8, 4) is 0 Å². The van der Waals surface area contributed by atoms with Gasteiger partial charge in [0.25, 0.3) is 5.91 Å². The van der Waals surface area contributed by atoms with Gasteiger partial charge in [0.1, 0.15) is 5.82 Å². The molecular weight excluding hydrogens is 274 g/mol. The average Bonchev–Trinajstić information content (AvgIpc) is 2.41. The summed E-state index contributed by atoms with van der Waals surface area (Å²) in [6.45, 7) is 1.90. The zero-order valence-electron chi connectivity index (χ0n) is 11.6. The lowest BCUT2D eigenvalue weighted by atomic mass is 10.1. The number of halogens is 1. The first-order valence-corrected chi connectivity index (χ1v) is 6.56. The van der Waals surface area contributed by atoms with Gasteiger partial charge in [0.15, 0.2) is 0 Å². The molecule has 1 N–H and O–H groups in total. The van der Waals surface area contributed by atoms with E-state index in [9.17, 15) is 4.79 Å². The highest BCUT2D eigenvalue weighted by Gasteiger charge is 2.14. The van der Waals surface area contributed by atoms with Crippen molar-refractivity contribution < 1.29 is 4.79 Å². The normalized spacial score (nSPS) is 10.2. The molecule has 1 heterocycles. The van der Waals surface area contributed by atoms with Crippen molar-refractivity contribution in [2.24, 2.45) is 0 Å². The molecule has 5 heteroatoms. The summed E-state index contributed by atoms with van der Waals surface area (Å²) >= 11 is 5.91. The molecule has 0 radical (unpaired) electrons. The highest BCUT2D eigenvalue weighted by atomic mass is 35.5. The summed E-state index contributed by atoms with van der Waals surface area (Å²) in [7, 11) is 3.71. The third kappa shape index (κ3) is 3.08. The van der Waals surface area contributed by atoms with Crippen LogP contribution >= 0.6 is 11.6 Å². The van der Waals surface area contributed by atoms with E-state index >= 15 is 0 Å². The van der Waals surface area contributed by atoms with Crippen molar-refractivity contribution >= 4 is 29.0 Å². The highest BCUT2D eigenvalue weighted by Crippen LogP contribution is 2.22. The molecule has 20 heavy (non-hydrogen) atoms. The largest absolute Gasteiger partial charge is 0.362 e. The smallest absolute Gasteiger partial charge is 0.259 e. The van der Waals surface area contributed by atoms with E-state index in [1.54, 1.807) is 30.5 Å². The van der Waals surface area contributed by atoms with Crippen molar-refractivity contribution in [3.05, 3.63) is 52.7 Å². The van der Waals surface area contributed by atoms with Crippen LogP contribution in [-0.4, -0.2) is 25.0 Å². The molecule has 2 rings (SSSR count). The molecule has 0 atom stereocenters. The Morgan fingerprint density at radius 2 is 2.05 bits per heavy atom. The summed E-state index contributed by atoms with van der Waals surface area (Å²) in [5, 5.41) is 3.53. The second-order valence-corrected chi connectivity index (χ2v) is 5.12. The Labute approximate surface area is 123 Å². The molecule has 2 aromatic rings. The minimum absolute atomic E-state index is 0.188. The molecule has 4 nitrogen and oxygen atoms in total. The Bertz CT molecular complexity index is 641. The van der Waals surface area contributed by atoms with E-state index in [4.69, 9.17) is 11.6 Å². The van der Waals surface area contributed by atoms with Crippen LogP contribution in [0, 0.1) is 6.92 Å². The van der Waals surface area contributed by atoms with Crippen LogP contribution in [0.15, 0.2) is 36.5 Å². The maximum atomic E-state index is 12.4. The third-order valence-electron chi connectivity index (χ3n) is 2.89. The van der Waals surface area contributed by atoms with Crippen molar-refractivity contribution in [3.63, 3.8) is 0 Å². The van der Waals surface area contributed by atoms with Gasteiger partial charge >= 0.3 is 0 Å². The fourth-order valence-corrected chi connectivity index (χ4v) is 2.11. The maximum absolute atomic E-state index is 12.4. The van der Waals surface area contributed by atoms with Gasteiger partial charge in [-0.15, -0.1) is 0 Å². The SMILES string of the molecule is Cc1cc(Cl)ccc1NC(=O)c1cccnc1N(C)C. The molecule has 0 aliphatic heterocycles. The average molecular weight is 290 g/mol. The lowest BCUT2D eigenvalue weighted by Crippen LogP contribution is -2.20. The van der Waals surface area contributed by atoms with Gasteiger partial charge in [-0.2, -0.15) is 0 Å². The van der Waals surface area contributed by atoms with E-state index in [2.05, 4.69) is 10.3 Å². The number of aromatic nitrogens is 1. The predicted octanol–water partition coefficient (Wildman–Crippen LogP) is 3.36. The zero-order chi connectivity index (χ0) is 14.7. The van der Waals surface area contributed by atoms with Gasteiger partial charge < -0.3 is 10.2 Å². The molecule has 0 aliphatic rings. The number of hydrogen-bond donors (Lipinski definition) is 1. The van der Waals surface area contributed by atoms with Gasteiger partial charge in [-0.1, -0.05) is 11.6 Å². The molecule has 104 valence electrons. The van der Waals surface area contributed by atoms with Crippen molar-refractivity contribution in [2.75, 3.05) is 24.3 Å². The summed E-state index contributed by atoms with van der Waals surface area (Å²) in [6, 6.07) is 8.86. The summed E-state index contributed by atoms with van der Waals surface area (Å²) in [4.78, 5) is 18.4. The Balaban J connectivity index is 2.29. The minimum atomic E-state index is -0.188. The van der Waals surface area contributed by atoms with Crippen LogP contribution in [0.25, 0.3) is 0 Å². The standard InChI is InChI=1S/C15H16ClN3O/c1-10-9-11(16)6-7-13(10)18-15(20)12-5-4-8-17-14(12)19(2)3/h4-9H,1-3H3,(H,18,20). The van der Waals surface area contributed by atoms with Crippen molar-refractivity contribution in [2.45, 2.75) is 6.92 Å². The number of aryl methyl sites for hydroxylation is 1. The predicted molar refractivity (Wildman–Crippen MR) is 82.7 cm³/mol. The Hall–Kier alpha value is -2.07. The number of hydrogen-bond acceptors (Lipinski definition) is 3. The van der Waals surface area contributed by atoms with E-state index in [1.807, 2.05) is 32.0 Å². The number of nitrogens with zero attached hydrogens (tertiary/aromatic N) is 2. The molecule has 0 fully saturated rings. The first-order chi connectivity index (χ1) is 9.49. The molecule has 1 amide bonds. The number of amides is 1. The molecular formula is C15H16ClN3O. The Morgan fingerprint density at radius 3 is 2.70 bits per heavy atom. The second kappa shape index (κ2) is 5.92. The minimum Gasteiger partial charge on any atom is -0.362 e. The molecule has 0 unspecified atom stereocenters. The van der Waals surface area contributed by atoms with E-state index in [1.165, 1.54) is 0 Å². The summed E-state index contributed by atoms with van der Waals surface area (Å²) in [5.41, 5.74) is 2.20. The number of carbonyl (C=O) groups excluding carboxylic acids is 1. The Kier molecular flexibility index (Phi) is 4.25. The van der Waals surface area contributed by atoms with Crippen LogP contribution in [-0.2, 0) is 0 Å². The molecule has 0 aliphatic carbocycles. The van der Waals surface area contributed by atoms with Crippen LogP contribution < -0.4 is 10.2 Å². The van der Waals surface area contributed by atoms with Gasteiger partial charge in [0, 0.05) is 31.0 Å². The van der Waals surface area contributed by atoms with Gasteiger partial charge in [-0.25, -0.2) is 4.98 Å². The van der Waals surface area contributed by atoms with Gasteiger partial charge in [-0.3, -0.25) is 4.79 Å². The van der Waals surface area contributed by atoms with Crippen LogP contribution in [0.2, 0.25) is 5.02 Å². The van der Waals surface area contributed by atoms with Crippen molar-refractivity contribution in [1.29, 1.82) is 0 Å². The first-order valence-electron chi connectivity index (χ1n) is 6.19. The molecule has 0 saturated heterocycles. The number of anilines is 2. The fraction of sp³-hybridized carbons (Fsp3) is 0.200. The highest BCUT2D eigenvalue weighted by molar-refractivity contribution is 6.30. The number of carbonyl (C=O) groups is 1. The molecule has 1 aromatic heterocycles. The third-order valence-corrected chi connectivity index (χ3v) is 3.13. The van der Waals surface area contributed by atoms with Crippen LogP contribution in [0.5, 0.6) is 0 Å². The first kappa shape index (κ1) is 14.3. The number of pyridine rings is 1. The maximum Gasteiger partial charge on any atom is 0.259 e. The lowest BCUT2D eigenvalue weighted by Gasteiger charge is -2.16. The Morgan fingerprint density at radius 1 is 1.30 bits per heavy atom. The summed E-state index contributed by atoms with van der Waals surface area (Å²) in [5.74, 6) is 0.448. The quantitative estimate of drug-likeness (QED) is 0.942. The van der Waals surface area contributed by atoms with Gasteiger partial charge in [0.2, 0.25) is 0 Å². The second-order valence-electron chi connectivity index (χ2n) is 4.68. The topological polar surface area (TPSA) is 45.2 Å². The molecule has 0 saturated carbocycles. The van der Waals surface area contributed by atoms with E-state index in [-0.39, 0.29) is 5.91 Å². The number of rotatable bonds is 3. The molecule has 0 spiro atoms. The molecule has 1 aromatic carbocycles. The summed E-state index contributed by atoms with van der Waals surface area (Å²) in [6.07, 6.45) is 1.67. The zero-order valence-corrected chi connectivity index (χ0v) is 12.4.